The third-order valence-corrected chi connectivity index (χ3v) is 4.75. The van der Waals surface area contributed by atoms with Crippen LogP contribution in [-0.2, 0) is 13.0 Å². The smallest absolute Gasteiger partial charge is 0.0925 e. The van der Waals surface area contributed by atoms with Gasteiger partial charge in [-0.3, -0.25) is 0 Å². The fourth-order valence-electron chi connectivity index (χ4n) is 3.50. The Kier molecular flexibility index (Phi) is 4.38. The van der Waals surface area contributed by atoms with Crippen molar-refractivity contribution in [1.82, 2.24) is 25.1 Å². The lowest BCUT2D eigenvalue weighted by Gasteiger charge is -2.33. The number of rotatable bonds is 4. The predicted molar refractivity (Wildman–Crippen MR) is 80.6 cm³/mol. The van der Waals surface area contributed by atoms with Crippen molar-refractivity contribution in [3.8, 4) is 0 Å². The van der Waals surface area contributed by atoms with Crippen LogP contribution in [-0.4, -0.2) is 66.1 Å². The number of aromatic amines is 1. The highest BCUT2D eigenvalue weighted by Crippen LogP contribution is 2.18. The molecule has 3 rings (SSSR count). The average Bonchev–Trinajstić information content (AvgIpc) is 2.89. The summed E-state index contributed by atoms with van der Waals surface area (Å²) in [5.74, 6) is 0.876. The zero-order valence-corrected chi connectivity index (χ0v) is 12.7. The molecule has 1 fully saturated rings. The summed E-state index contributed by atoms with van der Waals surface area (Å²) in [7, 11) is 4.49. The number of piperidine rings is 1. The van der Waals surface area contributed by atoms with Crippen LogP contribution >= 0.6 is 0 Å². The van der Waals surface area contributed by atoms with E-state index < -0.39 is 0 Å². The van der Waals surface area contributed by atoms with E-state index in [2.05, 4.69) is 39.2 Å². The number of likely N-dealkylation sites (N-methyl/N-ethyl adjacent to an activating group) is 1. The topological polar surface area (TPSA) is 47.2 Å². The molecule has 0 bridgehead atoms. The lowest BCUT2D eigenvalue weighted by atomic mass is 9.96. The summed E-state index contributed by atoms with van der Waals surface area (Å²) in [6, 6.07) is 0.544. The molecule has 2 N–H and O–H groups in total. The maximum Gasteiger partial charge on any atom is 0.0925 e. The van der Waals surface area contributed by atoms with Crippen LogP contribution in [0.1, 0.15) is 24.2 Å². The molecule has 1 unspecified atom stereocenters. The fraction of sp³-hybridized carbons (Fsp3) is 0.800. The Morgan fingerprint density at radius 3 is 2.95 bits per heavy atom. The van der Waals surface area contributed by atoms with Crippen molar-refractivity contribution in [3.63, 3.8) is 0 Å². The van der Waals surface area contributed by atoms with Crippen molar-refractivity contribution in [2.75, 3.05) is 40.3 Å². The van der Waals surface area contributed by atoms with Crippen LogP contribution in [0.25, 0.3) is 0 Å². The number of hydrogen-bond donors (Lipinski definition) is 2. The highest BCUT2D eigenvalue weighted by molar-refractivity contribution is 5.15. The zero-order valence-electron chi connectivity index (χ0n) is 12.7. The Morgan fingerprint density at radius 1 is 1.35 bits per heavy atom. The van der Waals surface area contributed by atoms with E-state index in [9.17, 15) is 0 Å². The number of hydrogen-bond acceptors (Lipinski definition) is 4. The molecule has 0 saturated carbocycles. The van der Waals surface area contributed by atoms with E-state index in [1.54, 1.807) is 0 Å². The van der Waals surface area contributed by atoms with Crippen LogP contribution in [0.3, 0.4) is 0 Å². The van der Waals surface area contributed by atoms with E-state index >= 15 is 0 Å². The van der Waals surface area contributed by atoms with Gasteiger partial charge in [-0.15, -0.1) is 0 Å². The molecule has 5 heteroatoms. The number of H-pyrrole nitrogens is 1. The Labute approximate surface area is 121 Å². The van der Waals surface area contributed by atoms with Gasteiger partial charge in [-0.2, -0.15) is 0 Å². The minimum atomic E-state index is 0.544. The summed E-state index contributed by atoms with van der Waals surface area (Å²) in [6.45, 7) is 5.81. The van der Waals surface area contributed by atoms with Gasteiger partial charge in [-0.05, 0) is 45.9 Å². The molecule has 112 valence electrons. The van der Waals surface area contributed by atoms with Crippen molar-refractivity contribution in [3.05, 3.63) is 17.7 Å². The minimum absolute atomic E-state index is 0.544. The summed E-state index contributed by atoms with van der Waals surface area (Å²) < 4.78 is 0. The predicted octanol–water partition coefficient (Wildman–Crippen LogP) is 0.698. The molecule has 2 aliphatic heterocycles. The SMILES string of the molecule is CN1CCC(CN(C)CC2Cc3nc[nH]c3CN2)CC1. The first-order chi connectivity index (χ1) is 9.70. The Bertz CT molecular complexity index is 422. The molecule has 1 aromatic heterocycles. The summed E-state index contributed by atoms with van der Waals surface area (Å²) in [5.41, 5.74) is 2.51. The molecular formula is C15H27N5. The van der Waals surface area contributed by atoms with E-state index in [1.807, 2.05) is 6.33 Å². The first-order valence-electron chi connectivity index (χ1n) is 7.82. The molecule has 0 spiro atoms. The lowest BCUT2D eigenvalue weighted by Crippen LogP contribution is -2.45. The molecule has 0 aromatic carbocycles. The van der Waals surface area contributed by atoms with Crippen LogP contribution in [0.2, 0.25) is 0 Å². The Balaban J connectivity index is 1.44. The monoisotopic (exact) mass is 277 g/mol. The number of nitrogens with zero attached hydrogens (tertiary/aromatic N) is 3. The Hall–Kier alpha value is -0.910. The van der Waals surface area contributed by atoms with E-state index in [4.69, 9.17) is 0 Å². The van der Waals surface area contributed by atoms with Crippen molar-refractivity contribution >= 4 is 0 Å². The first kappa shape index (κ1) is 14.0. The molecule has 0 aliphatic carbocycles. The number of aromatic nitrogens is 2. The highest BCUT2D eigenvalue weighted by atomic mass is 15.1. The molecule has 3 heterocycles. The molecular weight excluding hydrogens is 250 g/mol. The van der Waals surface area contributed by atoms with E-state index in [-0.39, 0.29) is 0 Å². The van der Waals surface area contributed by atoms with Crippen molar-refractivity contribution in [1.29, 1.82) is 0 Å². The molecule has 0 radical (unpaired) electrons. The number of nitrogens with one attached hydrogen (secondary N) is 2. The highest BCUT2D eigenvalue weighted by Gasteiger charge is 2.23. The van der Waals surface area contributed by atoms with Crippen LogP contribution < -0.4 is 5.32 Å². The minimum Gasteiger partial charge on any atom is -0.347 e. The second-order valence-corrected chi connectivity index (χ2v) is 6.58. The summed E-state index contributed by atoms with van der Waals surface area (Å²) in [5, 5.41) is 3.62. The standard InChI is InChI=1S/C15H27N5/c1-19-5-3-12(4-6-19)9-20(2)10-13-7-14-15(8-16-13)18-11-17-14/h11-13,16H,3-10H2,1-2H3,(H,17,18). The van der Waals surface area contributed by atoms with E-state index in [0.717, 1.165) is 25.4 Å². The van der Waals surface area contributed by atoms with Gasteiger partial charge >= 0.3 is 0 Å². The van der Waals surface area contributed by atoms with Gasteiger partial charge in [0.05, 0.1) is 17.7 Å². The zero-order chi connectivity index (χ0) is 13.9. The maximum atomic E-state index is 4.42. The lowest BCUT2D eigenvalue weighted by molar-refractivity contribution is 0.168. The molecule has 0 amide bonds. The molecule has 1 atom stereocenters. The van der Waals surface area contributed by atoms with Gasteiger partial charge in [0.2, 0.25) is 0 Å². The average molecular weight is 277 g/mol. The number of likely N-dealkylation sites (tertiary alicyclic amines) is 1. The first-order valence-corrected chi connectivity index (χ1v) is 7.82. The van der Waals surface area contributed by atoms with Crippen LogP contribution in [0.15, 0.2) is 6.33 Å². The molecule has 5 nitrogen and oxygen atoms in total. The van der Waals surface area contributed by atoms with Gasteiger partial charge < -0.3 is 20.1 Å². The summed E-state index contributed by atoms with van der Waals surface area (Å²) in [4.78, 5) is 12.6. The largest absolute Gasteiger partial charge is 0.347 e. The number of fused-ring (bicyclic) bond motifs is 1. The Morgan fingerprint density at radius 2 is 2.15 bits per heavy atom. The van der Waals surface area contributed by atoms with Gasteiger partial charge in [-0.25, -0.2) is 4.98 Å². The van der Waals surface area contributed by atoms with Crippen molar-refractivity contribution in [2.24, 2.45) is 5.92 Å². The fourth-order valence-corrected chi connectivity index (χ4v) is 3.50. The molecule has 1 saturated heterocycles. The van der Waals surface area contributed by atoms with Gasteiger partial charge in [-0.1, -0.05) is 0 Å². The van der Waals surface area contributed by atoms with E-state index in [0.29, 0.717) is 6.04 Å². The summed E-state index contributed by atoms with van der Waals surface area (Å²) in [6.07, 6.45) is 5.57. The second-order valence-electron chi connectivity index (χ2n) is 6.58. The van der Waals surface area contributed by atoms with Crippen LogP contribution in [0, 0.1) is 5.92 Å². The van der Waals surface area contributed by atoms with Gasteiger partial charge in [0.25, 0.3) is 0 Å². The number of imidazole rings is 1. The maximum absolute atomic E-state index is 4.42. The van der Waals surface area contributed by atoms with Crippen LogP contribution in [0.4, 0.5) is 0 Å². The van der Waals surface area contributed by atoms with Crippen molar-refractivity contribution in [2.45, 2.75) is 31.8 Å². The van der Waals surface area contributed by atoms with Gasteiger partial charge in [0, 0.05) is 32.1 Å². The third-order valence-electron chi connectivity index (χ3n) is 4.75. The quantitative estimate of drug-likeness (QED) is 0.850. The van der Waals surface area contributed by atoms with E-state index in [1.165, 1.54) is 43.9 Å². The third kappa shape index (κ3) is 3.40. The molecule has 20 heavy (non-hydrogen) atoms. The van der Waals surface area contributed by atoms with Gasteiger partial charge in [0.1, 0.15) is 0 Å². The van der Waals surface area contributed by atoms with Crippen molar-refractivity contribution < 1.29 is 0 Å². The summed E-state index contributed by atoms with van der Waals surface area (Å²) >= 11 is 0. The van der Waals surface area contributed by atoms with Gasteiger partial charge in [0.15, 0.2) is 0 Å². The normalized spacial score (nSPS) is 25.1. The van der Waals surface area contributed by atoms with Crippen LogP contribution in [0.5, 0.6) is 0 Å². The molecule has 2 aliphatic rings. The molecule has 1 aromatic rings. The second kappa shape index (κ2) is 6.24.